The quantitative estimate of drug-likeness (QED) is 0.616. The Kier molecular flexibility index (Phi) is 4.69. The molecular formula is C14H16N2O3. The summed E-state index contributed by atoms with van der Waals surface area (Å²) >= 11 is 0. The number of nitrogens with one attached hydrogen (secondary N) is 1. The van der Waals surface area contributed by atoms with E-state index in [1.807, 2.05) is 30.3 Å². The van der Waals surface area contributed by atoms with Gasteiger partial charge in [0.15, 0.2) is 5.89 Å². The molecule has 1 aromatic heterocycles. The Labute approximate surface area is 111 Å². The molecule has 0 fully saturated rings. The number of aryl methyl sites for hydroxylation is 1. The zero-order valence-electron chi connectivity index (χ0n) is 10.5. The molecule has 5 heteroatoms. The number of aromatic nitrogens is 1. The fourth-order valence-electron chi connectivity index (χ4n) is 1.80. The number of hydroxylamine groups is 1. The molecule has 2 N–H and O–H groups in total. The molecule has 1 heterocycles. The Morgan fingerprint density at radius 2 is 2.11 bits per heavy atom. The van der Waals surface area contributed by atoms with Gasteiger partial charge in [0, 0.05) is 12.8 Å². The van der Waals surface area contributed by atoms with Crippen molar-refractivity contribution >= 4 is 5.91 Å². The van der Waals surface area contributed by atoms with Gasteiger partial charge in [-0.05, 0) is 18.4 Å². The van der Waals surface area contributed by atoms with E-state index in [0.717, 1.165) is 11.3 Å². The number of oxazole rings is 1. The second kappa shape index (κ2) is 6.70. The second-order valence-electron chi connectivity index (χ2n) is 4.28. The fourth-order valence-corrected chi connectivity index (χ4v) is 1.80. The van der Waals surface area contributed by atoms with Crippen LogP contribution in [0.5, 0.6) is 0 Å². The van der Waals surface area contributed by atoms with Crippen molar-refractivity contribution < 1.29 is 14.4 Å². The van der Waals surface area contributed by atoms with E-state index >= 15 is 0 Å². The van der Waals surface area contributed by atoms with Crippen molar-refractivity contribution in [2.24, 2.45) is 0 Å². The number of amides is 1. The Bertz CT molecular complexity index is 522. The minimum Gasteiger partial charge on any atom is -0.448 e. The number of rotatable bonds is 6. The Morgan fingerprint density at radius 3 is 2.84 bits per heavy atom. The van der Waals surface area contributed by atoms with Gasteiger partial charge in [-0.3, -0.25) is 10.0 Å². The number of carbonyl (C=O) groups excluding carboxylic acids is 1. The molecule has 1 aromatic carbocycles. The summed E-state index contributed by atoms with van der Waals surface area (Å²) in [5.41, 5.74) is 3.59. The molecule has 0 saturated heterocycles. The van der Waals surface area contributed by atoms with E-state index in [4.69, 9.17) is 9.62 Å². The third kappa shape index (κ3) is 4.22. The minimum absolute atomic E-state index is 0.275. The highest BCUT2D eigenvalue weighted by Crippen LogP contribution is 2.11. The molecule has 0 spiro atoms. The maximum absolute atomic E-state index is 10.8. The molecule has 2 rings (SSSR count). The first-order valence-corrected chi connectivity index (χ1v) is 6.18. The highest BCUT2D eigenvalue weighted by atomic mass is 16.5. The van der Waals surface area contributed by atoms with Crippen molar-refractivity contribution in [3.8, 4) is 0 Å². The van der Waals surface area contributed by atoms with E-state index in [1.165, 1.54) is 0 Å². The van der Waals surface area contributed by atoms with E-state index in [2.05, 4.69) is 4.98 Å². The van der Waals surface area contributed by atoms with Crippen LogP contribution in [0.4, 0.5) is 0 Å². The molecule has 2 aromatic rings. The summed E-state index contributed by atoms with van der Waals surface area (Å²) in [4.78, 5) is 15.2. The number of carbonyl (C=O) groups is 1. The Hall–Kier alpha value is -2.14. The molecule has 0 atom stereocenters. The van der Waals surface area contributed by atoms with Crippen molar-refractivity contribution in [2.45, 2.75) is 25.7 Å². The smallest absolute Gasteiger partial charge is 0.243 e. The molecule has 5 nitrogen and oxygen atoms in total. The Balaban J connectivity index is 1.84. The van der Waals surface area contributed by atoms with Gasteiger partial charge in [0.25, 0.3) is 0 Å². The normalized spacial score (nSPS) is 10.4. The first kappa shape index (κ1) is 13.3. The number of nitrogens with zero attached hydrogens (tertiary/aromatic N) is 1. The molecule has 0 saturated carbocycles. The third-order valence-corrected chi connectivity index (χ3v) is 2.76. The van der Waals surface area contributed by atoms with Crippen LogP contribution in [-0.4, -0.2) is 16.1 Å². The molecule has 100 valence electrons. The van der Waals surface area contributed by atoms with Crippen LogP contribution in [0.3, 0.4) is 0 Å². The summed E-state index contributed by atoms with van der Waals surface area (Å²) in [5.74, 6) is 0.292. The van der Waals surface area contributed by atoms with Gasteiger partial charge in [0.2, 0.25) is 5.91 Å². The van der Waals surface area contributed by atoms with Crippen molar-refractivity contribution in [1.29, 1.82) is 0 Å². The third-order valence-electron chi connectivity index (χ3n) is 2.76. The zero-order valence-corrected chi connectivity index (χ0v) is 10.5. The molecule has 0 aliphatic rings. The van der Waals surface area contributed by atoms with Crippen LogP contribution < -0.4 is 5.48 Å². The Morgan fingerprint density at radius 1 is 1.32 bits per heavy atom. The number of hydrogen-bond donors (Lipinski definition) is 2. The summed E-state index contributed by atoms with van der Waals surface area (Å²) in [6.07, 6.45) is 3.85. The molecular weight excluding hydrogens is 244 g/mol. The average molecular weight is 260 g/mol. The summed E-state index contributed by atoms with van der Waals surface area (Å²) in [6.45, 7) is 0. The summed E-state index contributed by atoms with van der Waals surface area (Å²) in [5, 5.41) is 8.37. The lowest BCUT2D eigenvalue weighted by molar-refractivity contribution is -0.129. The van der Waals surface area contributed by atoms with E-state index in [1.54, 1.807) is 11.7 Å². The fraction of sp³-hybridized carbons (Fsp3) is 0.286. The summed E-state index contributed by atoms with van der Waals surface area (Å²) in [6, 6.07) is 9.97. The number of benzene rings is 1. The van der Waals surface area contributed by atoms with Gasteiger partial charge >= 0.3 is 0 Å². The highest BCUT2D eigenvalue weighted by molar-refractivity contribution is 5.74. The van der Waals surface area contributed by atoms with Gasteiger partial charge in [-0.1, -0.05) is 30.3 Å². The molecule has 0 radical (unpaired) electrons. The lowest BCUT2D eigenvalue weighted by Crippen LogP contribution is -2.18. The molecule has 0 unspecified atom stereocenters. The van der Waals surface area contributed by atoms with Crippen molar-refractivity contribution in [3.63, 3.8) is 0 Å². The minimum atomic E-state index is -0.381. The summed E-state index contributed by atoms with van der Waals surface area (Å²) < 4.78 is 5.39. The van der Waals surface area contributed by atoms with Gasteiger partial charge < -0.3 is 4.42 Å². The molecule has 0 bridgehead atoms. The maximum atomic E-state index is 10.8. The van der Waals surface area contributed by atoms with Crippen LogP contribution >= 0.6 is 0 Å². The molecule has 0 aliphatic carbocycles. The monoisotopic (exact) mass is 260 g/mol. The van der Waals surface area contributed by atoms with E-state index in [0.29, 0.717) is 25.2 Å². The zero-order chi connectivity index (χ0) is 13.5. The predicted molar refractivity (Wildman–Crippen MR) is 68.6 cm³/mol. The largest absolute Gasteiger partial charge is 0.448 e. The van der Waals surface area contributed by atoms with Crippen molar-refractivity contribution in [1.82, 2.24) is 10.5 Å². The molecule has 0 aliphatic heterocycles. The van der Waals surface area contributed by atoms with Crippen LogP contribution in [0.2, 0.25) is 0 Å². The first-order chi connectivity index (χ1) is 9.28. The van der Waals surface area contributed by atoms with Crippen LogP contribution in [0.25, 0.3) is 0 Å². The van der Waals surface area contributed by atoms with E-state index in [9.17, 15) is 4.79 Å². The van der Waals surface area contributed by atoms with Crippen LogP contribution in [-0.2, 0) is 17.6 Å². The lowest BCUT2D eigenvalue weighted by atomic mass is 10.1. The van der Waals surface area contributed by atoms with Gasteiger partial charge in [-0.15, -0.1) is 0 Å². The lowest BCUT2D eigenvalue weighted by Gasteiger charge is -1.96. The number of hydrogen-bond acceptors (Lipinski definition) is 4. The predicted octanol–water partition coefficient (Wildman–Crippen LogP) is 2.09. The first-order valence-electron chi connectivity index (χ1n) is 6.18. The topological polar surface area (TPSA) is 75.4 Å². The second-order valence-corrected chi connectivity index (χ2v) is 4.28. The molecule has 1 amide bonds. The van der Waals surface area contributed by atoms with E-state index in [-0.39, 0.29) is 12.3 Å². The van der Waals surface area contributed by atoms with E-state index < -0.39 is 0 Å². The van der Waals surface area contributed by atoms with Gasteiger partial charge in [-0.25, -0.2) is 10.5 Å². The van der Waals surface area contributed by atoms with Crippen molar-refractivity contribution in [2.75, 3.05) is 0 Å². The standard InChI is InChI=1S/C14H16N2O3/c17-13(16-18)8-4-7-12-10-19-14(15-12)9-11-5-2-1-3-6-11/h1-3,5-6,10,18H,4,7-9H2,(H,16,17). The van der Waals surface area contributed by atoms with Crippen LogP contribution in [0.1, 0.15) is 30.0 Å². The maximum Gasteiger partial charge on any atom is 0.243 e. The van der Waals surface area contributed by atoms with Crippen LogP contribution in [0, 0.1) is 0 Å². The summed E-state index contributed by atoms with van der Waals surface area (Å²) in [7, 11) is 0. The average Bonchev–Trinajstić information content (AvgIpc) is 2.87. The van der Waals surface area contributed by atoms with Gasteiger partial charge in [-0.2, -0.15) is 0 Å². The van der Waals surface area contributed by atoms with Gasteiger partial charge in [0.1, 0.15) is 6.26 Å². The highest BCUT2D eigenvalue weighted by Gasteiger charge is 2.06. The molecule has 19 heavy (non-hydrogen) atoms. The van der Waals surface area contributed by atoms with Crippen molar-refractivity contribution in [3.05, 3.63) is 53.7 Å². The SMILES string of the molecule is O=C(CCCc1coc(Cc2ccccc2)n1)NO. The van der Waals surface area contributed by atoms with Crippen LogP contribution in [0.15, 0.2) is 41.0 Å². The van der Waals surface area contributed by atoms with Gasteiger partial charge in [0.05, 0.1) is 5.69 Å².